The van der Waals surface area contributed by atoms with Gasteiger partial charge in [-0.25, -0.2) is 4.68 Å². The molecule has 0 radical (unpaired) electrons. The van der Waals surface area contributed by atoms with Crippen molar-refractivity contribution in [2.45, 2.75) is 26.4 Å². The lowest BCUT2D eigenvalue weighted by atomic mass is 10.2. The van der Waals surface area contributed by atoms with Crippen molar-refractivity contribution in [3.63, 3.8) is 0 Å². The summed E-state index contributed by atoms with van der Waals surface area (Å²) >= 11 is 0. The molecule has 0 spiro atoms. The minimum absolute atomic E-state index is 0.604. The first-order valence-electron chi connectivity index (χ1n) is 7.53. The maximum atomic E-state index is 4.22. The molecule has 3 rings (SSSR count). The first kappa shape index (κ1) is 14.0. The highest BCUT2D eigenvalue weighted by atomic mass is 15.6. The van der Waals surface area contributed by atoms with E-state index in [0.717, 1.165) is 32.1 Å². The van der Waals surface area contributed by atoms with Crippen molar-refractivity contribution in [3.05, 3.63) is 35.9 Å². The van der Waals surface area contributed by atoms with E-state index in [2.05, 4.69) is 51.3 Å². The maximum absolute atomic E-state index is 4.22. The van der Waals surface area contributed by atoms with Crippen LogP contribution in [-0.4, -0.2) is 57.3 Å². The minimum Gasteiger partial charge on any atom is -0.337 e. The van der Waals surface area contributed by atoms with Crippen molar-refractivity contribution >= 4 is 5.95 Å². The van der Waals surface area contributed by atoms with Crippen molar-refractivity contribution < 1.29 is 0 Å². The fourth-order valence-electron chi connectivity index (χ4n) is 2.72. The van der Waals surface area contributed by atoms with Gasteiger partial charge >= 0.3 is 0 Å². The molecule has 1 aliphatic heterocycles. The van der Waals surface area contributed by atoms with Crippen LogP contribution in [0.2, 0.25) is 0 Å². The van der Waals surface area contributed by atoms with E-state index in [4.69, 9.17) is 0 Å². The van der Waals surface area contributed by atoms with E-state index in [1.165, 1.54) is 5.56 Å². The van der Waals surface area contributed by atoms with Gasteiger partial charge in [0, 0.05) is 32.2 Å². The van der Waals surface area contributed by atoms with Gasteiger partial charge in [0.25, 0.3) is 0 Å². The Morgan fingerprint density at radius 2 is 1.76 bits per heavy atom. The van der Waals surface area contributed by atoms with Gasteiger partial charge in [-0.15, -0.1) is 0 Å². The summed E-state index contributed by atoms with van der Waals surface area (Å²) in [5.74, 6) is 0.877. The first-order chi connectivity index (χ1) is 10.2. The Kier molecular flexibility index (Phi) is 4.15. The molecule has 1 saturated heterocycles. The van der Waals surface area contributed by atoms with E-state index < -0.39 is 0 Å². The molecular weight excluding hydrogens is 264 g/mol. The number of aromatic nitrogens is 4. The summed E-state index contributed by atoms with van der Waals surface area (Å²) in [6.07, 6.45) is 0. The largest absolute Gasteiger partial charge is 0.337 e. The van der Waals surface area contributed by atoms with Crippen molar-refractivity contribution in [1.82, 2.24) is 25.1 Å². The van der Waals surface area contributed by atoms with Gasteiger partial charge in [-0.05, 0) is 29.8 Å². The summed E-state index contributed by atoms with van der Waals surface area (Å²) in [5, 5.41) is 12.2. The average molecular weight is 286 g/mol. The molecule has 0 N–H and O–H groups in total. The van der Waals surface area contributed by atoms with Gasteiger partial charge in [0.1, 0.15) is 0 Å². The third kappa shape index (κ3) is 3.21. The molecule has 6 nitrogen and oxygen atoms in total. The van der Waals surface area contributed by atoms with E-state index in [0.29, 0.717) is 12.6 Å². The van der Waals surface area contributed by atoms with Crippen molar-refractivity contribution in [2.75, 3.05) is 31.1 Å². The zero-order valence-electron chi connectivity index (χ0n) is 12.7. The third-order valence-electron chi connectivity index (χ3n) is 4.02. The number of nitrogens with zero attached hydrogens (tertiary/aromatic N) is 6. The van der Waals surface area contributed by atoms with Gasteiger partial charge < -0.3 is 4.90 Å². The number of rotatable bonds is 4. The number of piperazine rings is 1. The normalized spacial score (nSPS) is 16.6. The molecule has 2 aromatic rings. The molecule has 6 heteroatoms. The monoisotopic (exact) mass is 286 g/mol. The van der Waals surface area contributed by atoms with E-state index in [1.54, 1.807) is 0 Å². The van der Waals surface area contributed by atoms with Gasteiger partial charge in [-0.3, -0.25) is 4.90 Å². The second kappa shape index (κ2) is 6.22. The third-order valence-corrected chi connectivity index (χ3v) is 4.02. The fourth-order valence-corrected chi connectivity index (χ4v) is 2.72. The van der Waals surface area contributed by atoms with Crippen LogP contribution in [0.3, 0.4) is 0 Å². The molecule has 21 heavy (non-hydrogen) atoms. The zero-order valence-corrected chi connectivity index (χ0v) is 12.7. The molecule has 1 aromatic heterocycles. The first-order valence-corrected chi connectivity index (χ1v) is 7.53. The topological polar surface area (TPSA) is 50.1 Å². The fraction of sp³-hybridized carbons (Fsp3) is 0.533. The second-order valence-electron chi connectivity index (χ2n) is 5.74. The van der Waals surface area contributed by atoms with Crippen LogP contribution in [-0.2, 0) is 6.54 Å². The number of hydrogen-bond donors (Lipinski definition) is 0. The molecule has 1 aliphatic rings. The highest BCUT2D eigenvalue weighted by Crippen LogP contribution is 2.15. The predicted molar refractivity (Wildman–Crippen MR) is 82.3 cm³/mol. The van der Waals surface area contributed by atoms with Gasteiger partial charge in [0.05, 0.1) is 6.54 Å². The summed E-state index contributed by atoms with van der Waals surface area (Å²) in [4.78, 5) is 4.77. The van der Waals surface area contributed by atoms with E-state index in [-0.39, 0.29) is 0 Å². The van der Waals surface area contributed by atoms with E-state index in [9.17, 15) is 0 Å². The lowest BCUT2D eigenvalue weighted by Gasteiger charge is -2.36. The zero-order chi connectivity index (χ0) is 14.7. The molecule has 0 saturated carbocycles. The van der Waals surface area contributed by atoms with Crippen molar-refractivity contribution in [2.24, 2.45) is 0 Å². The highest BCUT2D eigenvalue weighted by Gasteiger charge is 2.22. The Bertz CT molecular complexity index is 557. The Labute approximate surface area is 125 Å². The number of benzene rings is 1. The number of hydrogen-bond acceptors (Lipinski definition) is 5. The number of anilines is 1. The molecule has 0 aliphatic carbocycles. The second-order valence-corrected chi connectivity index (χ2v) is 5.74. The molecule has 0 bridgehead atoms. The summed E-state index contributed by atoms with van der Waals surface area (Å²) in [7, 11) is 0. The lowest BCUT2D eigenvalue weighted by molar-refractivity contribution is 0.208. The van der Waals surface area contributed by atoms with Crippen LogP contribution < -0.4 is 4.90 Å². The minimum atomic E-state index is 0.604. The molecule has 112 valence electrons. The molecule has 0 unspecified atom stereocenters. The predicted octanol–water partition coefficient (Wildman–Crippen LogP) is 1.25. The molecular formula is C15H22N6. The average Bonchev–Trinajstić information content (AvgIpc) is 2.96. The van der Waals surface area contributed by atoms with E-state index in [1.807, 2.05) is 22.9 Å². The lowest BCUT2D eigenvalue weighted by Crippen LogP contribution is -2.49. The van der Waals surface area contributed by atoms with Crippen LogP contribution in [0.25, 0.3) is 0 Å². The molecule has 2 heterocycles. The Morgan fingerprint density at radius 3 is 2.43 bits per heavy atom. The van der Waals surface area contributed by atoms with E-state index >= 15 is 0 Å². The summed E-state index contributed by atoms with van der Waals surface area (Å²) in [6, 6.07) is 10.9. The van der Waals surface area contributed by atoms with Gasteiger partial charge in [0.2, 0.25) is 5.95 Å². The number of tetrazole rings is 1. The molecule has 0 amide bonds. The van der Waals surface area contributed by atoms with Crippen LogP contribution in [0.15, 0.2) is 30.3 Å². The van der Waals surface area contributed by atoms with Gasteiger partial charge in [-0.2, -0.15) is 0 Å². The standard InChI is InChI=1S/C15H22N6/c1-13(2)19-8-10-20(11-9-19)15-16-17-18-21(15)12-14-6-4-3-5-7-14/h3-7,13H,8-12H2,1-2H3. The highest BCUT2D eigenvalue weighted by molar-refractivity contribution is 5.30. The van der Waals surface area contributed by atoms with Crippen LogP contribution in [0.5, 0.6) is 0 Å². The summed E-state index contributed by atoms with van der Waals surface area (Å²) < 4.78 is 1.89. The van der Waals surface area contributed by atoms with Crippen molar-refractivity contribution in [3.8, 4) is 0 Å². The maximum Gasteiger partial charge on any atom is 0.245 e. The van der Waals surface area contributed by atoms with Gasteiger partial charge in [0.15, 0.2) is 0 Å². The summed E-state index contributed by atoms with van der Waals surface area (Å²) in [5.41, 5.74) is 1.21. The Hall–Kier alpha value is -1.95. The Balaban J connectivity index is 1.69. The molecule has 1 aromatic carbocycles. The van der Waals surface area contributed by atoms with Crippen LogP contribution in [0, 0.1) is 0 Å². The Morgan fingerprint density at radius 1 is 1.05 bits per heavy atom. The van der Waals surface area contributed by atoms with Crippen LogP contribution in [0.4, 0.5) is 5.95 Å². The quantitative estimate of drug-likeness (QED) is 0.846. The van der Waals surface area contributed by atoms with Crippen LogP contribution >= 0.6 is 0 Å². The summed E-state index contributed by atoms with van der Waals surface area (Å²) in [6.45, 7) is 9.30. The molecule has 0 atom stereocenters. The van der Waals surface area contributed by atoms with Gasteiger partial charge in [-0.1, -0.05) is 35.4 Å². The van der Waals surface area contributed by atoms with Crippen LogP contribution in [0.1, 0.15) is 19.4 Å². The van der Waals surface area contributed by atoms with Crippen molar-refractivity contribution in [1.29, 1.82) is 0 Å². The molecule has 1 fully saturated rings. The SMILES string of the molecule is CC(C)N1CCN(c2nnnn2Cc2ccccc2)CC1. The smallest absolute Gasteiger partial charge is 0.245 e.